The second-order valence-electron chi connectivity index (χ2n) is 10.7. The molecule has 1 amide bonds. The van der Waals surface area contributed by atoms with Gasteiger partial charge < -0.3 is 34.7 Å². The van der Waals surface area contributed by atoms with Gasteiger partial charge in [-0.2, -0.15) is 0 Å². The van der Waals surface area contributed by atoms with Crippen LogP contribution in [-0.4, -0.2) is 35.3 Å². The van der Waals surface area contributed by atoms with Gasteiger partial charge in [0.25, 0.3) is 0 Å². The highest BCUT2D eigenvalue weighted by molar-refractivity contribution is 5.82. The highest BCUT2D eigenvalue weighted by atomic mass is 16.5. The number of nitrogens with one attached hydrogen (secondary N) is 2. The topological polar surface area (TPSA) is 138 Å². The fraction of sp³-hybridized carbons (Fsp3) is 0.345. The molecular formula is C29H29N5O5. The number of anilines is 1. The largest absolute Gasteiger partial charge is 0.469 e. The monoisotopic (exact) mass is 527 g/mol. The fourth-order valence-electron chi connectivity index (χ4n) is 5.99. The molecule has 2 aromatic heterocycles. The van der Waals surface area contributed by atoms with Crippen LogP contribution in [0.1, 0.15) is 53.9 Å². The second-order valence-corrected chi connectivity index (χ2v) is 10.7. The molecule has 0 saturated heterocycles. The molecule has 10 heteroatoms. The molecule has 10 nitrogen and oxygen atoms in total. The van der Waals surface area contributed by atoms with Gasteiger partial charge in [-0.1, -0.05) is 44.2 Å². The minimum Gasteiger partial charge on any atom is -0.469 e. The molecule has 0 radical (unpaired) electrons. The lowest BCUT2D eigenvalue weighted by Gasteiger charge is -2.28. The molecule has 5 heterocycles. The number of rotatable bonds is 4. The van der Waals surface area contributed by atoms with Gasteiger partial charge in [-0.05, 0) is 35.6 Å². The number of carbonyl (C=O) groups excluding carboxylic acids is 1. The number of nitrogens with zero attached hydrogens (tertiary/aromatic N) is 2. The van der Waals surface area contributed by atoms with E-state index in [0.29, 0.717) is 42.0 Å². The number of benzene rings is 2. The molecule has 200 valence electrons. The Morgan fingerprint density at radius 2 is 2.00 bits per heavy atom. The van der Waals surface area contributed by atoms with Crippen LogP contribution in [0.25, 0.3) is 11.6 Å². The summed E-state index contributed by atoms with van der Waals surface area (Å²) in [4.78, 5) is 22.8. The van der Waals surface area contributed by atoms with Gasteiger partial charge in [0, 0.05) is 18.4 Å². The Bertz CT molecular complexity index is 1590. The molecule has 3 aliphatic heterocycles. The van der Waals surface area contributed by atoms with Gasteiger partial charge >= 0.3 is 0 Å². The van der Waals surface area contributed by atoms with E-state index in [2.05, 4.69) is 27.8 Å². The molecule has 3 aliphatic rings. The number of hydrogen-bond donors (Lipinski definition) is 3. The summed E-state index contributed by atoms with van der Waals surface area (Å²) < 4.78 is 24.5. The van der Waals surface area contributed by atoms with Crippen molar-refractivity contribution in [3.63, 3.8) is 0 Å². The predicted molar refractivity (Wildman–Crippen MR) is 141 cm³/mol. The Balaban J connectivity index is 1.56. The number of amides is 1. The Morgan fingerprint density at radius 3 is 2.82 bits per heavy atom. The van der Waals surface area contributed by atoms with Crippen LogP contribution in [0.15, 0.2) is 57.6 Å². The summed E-state index contributed by atoms with van der Waals surface area (Å²) in [5.74, 6) is 1.60. The van der Waals surface area contributed by atoms with Crippen LogP contribution in [0.3, 0.4) is 0 Å². The Labute approximate surface area is 224 Å². The van der Waals surface area contributed by atoms with Crippen molar-refractivity contribution in [2.75, 3.05) is 12.4 Å². The van der Waals surface area contributed by atoms with E-state index in [0.717, 1.165) is 28.1 Å². The molecule has 7 rings (SSSR count). The summed E-state index contributed by atoms with van der Waals surface area (Å²) in [5.41, 5.74) is 10.3. The van der Waals surface area contributed by atoms with Crippen LogP contribution >= 0.6 is 0 Å². The number of nitrogens with two attached hydrogens (primary N) is 1. The SMILES string of the molecule is COCc1coc(-c2nc3oc2C24c5ccccc5N[C@H]2Oc2ccc(cc24)C[C@H](N)C(=O)N[C@H]3C(C)C)n1. The van der Waals surface area contributed by atoms with E-state index in [1.165, 1.54) is 0 Å². The van der Waals surface area contributed by atoms with Gasteiger partial charge in [-0.25, -0.2) is 9.97 Å². The van der Waals surface area contributed by atoms with E-state index in [4.69, 9.17) is 29.0 Å². The first-order valence-electron chi connectivity index (χ1n) is 13.1. The van der Waals surface area contributed by atoms with Gasteiger partial charge in [-0.15, -0.1) is 0 Å². The van der Waals surface area contributed by atoms with Gasteiger partial charge in [0.15, 0.2) is 17.7 Å². The summed E-state index contributed by atoms with van der Waals surface area (Å²) in [5, 5.41) is 6.63. The van der Waals surface area contributed by atoms with Crippen molar-refractivity contribution in [2.45, 2.75) is 50.6 Å². The maximum absolute atomic E-state index is 13.2. The van der Waals surface area contributed by atoms with E-state index in [9.17, 15) is 4.79 Å². The van der Waals surface area contributed by atoms with Crippen molar-refractivity contribution in [1.29, 1.82) is 0 Å². The number of hydrogen-bond acceptors (Lipinski definition) is 9. The number of aromatic nitrogens is 2. The average molecular weight is 528 g/mol. The highest BCUT2D eigenvalue weighted by Gasteiger charge is 2.61. The fourth-order valence-corrected chi connectivity index (χ4v) is 5.99. The van der Waals surface area contributed by atoms with Gasteiger partial charge in [-0.3, -0.25) is 4.79 Å². The van der Waals surface area contributed by atoms with E-state index in [1.54, 1.807) is 13.4 Å². The molecule has 1 unspecified atom stereocenters. The zero-order valence-corrected chi connectivity index (χ0v) is 21.9. The van der Waals surface area contributed by atoms with Crippen LogP contribution in [-0.2, 0) is 28.0 Å². The van der Waals surface area contributed by atoms with Crippen molar-refractivity contribution >= 4 is 11.6 Å². The third-order valence-electron chi connectivity index (χ3n) is 7.82. The Hall–Kier alpha value is -4.15. The molecule has 2 aromatic carbocycles. The molecule has 4 bridgehead atoms. The van der Waals surface area contributed by atoms with Gasteiger partial charge in [0.05, 0.1) is 12.6 Å². The first-order chi connectivity index (χ1) is 18.9. The minimum atomic E-state index is -0.896. The minimum absolute atomic E-state index is 0.0347. The number of fused-ring (bicyclic) bond motifs is 4. The zero-order chi connectivity index (χ0) is 26.9. The maximum atomic E-state index is 13.2. The lowest BCUT2D eigenvalue weighted by Crippen LogP contribution is -2.45. The Morgan fingerprint density at radius 1 is 1.15 bits per heavy atom. The first-order valence-corrected chi connectivity index (χ1v) is 13.1. The van der Waals surface area contributed by atoms with Crippen LogP contribution in [0.5, 0.6) is 5.75 Å². The predicted octanol–water partition coefficient (Wildman–Crippen LogP) is 3.65. The van der Waals surface area contributed by atoms with Crippen molar-refractivity contribution < 1.29 is 23.1 Å². The van der Waals surface area contributed by atoms with Crippen LogP contribution < -0.4 is 21.1 Å². The molecule has 39 heavy (non-hydrogen) atoms. The van der Waals surface area contributed by atoms with Gasteiger partial charge in [0.1, 0.15) is 29.2 Å². The average Bonchev–Trinajstić information content (AvgIpc) is 3.67. The third kappa shape index (κ3) is 3.44. The van der Waals surface area contributed by atoms with Crippen molar-refractivity contribution in [2.24, 2.45) is 11.7 Å². The highest BCUT2D eigenvalue weighted by Crippen LogP contribution is 2.59. The molecule has 4 N–H and O–H groups in total. The molecular weight excluding hydrogens is 498 g/mol. The maximum Gasteiger partial charge on any atom is 0.249 e. The molecule has 4 atom stereocenters. The zero-order valence-electron chi connectivity index (χ0n) is 21.9. The number of para-hydroxylation sites is 1. The number of ether oxygens (including phenoxy) is 2. The summed E-state index contributed by atoms with van der Waals surface area (Å²) >= 11 is 0. The smallest absolute Gasteiger partial charge is 0.249 e. The third-order valence-corrected chi connectivity index (χ3v) is 7.82. The van der Waals surface area contributed by atoms with Crippen LogP contribution in [0, 0.1) is 5.92 Å². The molecule has 0 fully saturated rings. The van der Waals surface area contributed by atoms with Crippen molar-refractivity contribution in [3.8, 4) is 17.3 Å². The number of carbonyl (C=O) groups is 1. The van der Waals surface area contributed by atoms with Gasteiger partial charge in [0.2, 0.25) is 17.7 Å². The standard InChI is InChI=1S/C29H29N5O5/c1-14(2)22-27-34-23(26-31-16(12-36-3)13-37-26)24(39-27)29-17-6-4-5-7-20(17)32-28(29)38-21-9-8-15(10-18(21)29)11-19(30)25(35)33-22/h4-10,13-14,19,22,28,32H,11-12,30H2,1-3H3,(H,33,35)/t19-,22-,28-,29?/m0/s1. The second kappa shape index (κ2) is 8.69. The van der Waals surface area contributed by atoms with E-state index in [-0.39, 0.29) is 11.8 Å². The summed E-state index contributed by atoms with van der Waals surface area (Å²) in [7, 11) is 1.60. The summed E-state index contributed by atoms with van der Waals surface area (Å²) in [6.07, 6.45) is 1.43. The van der Waals surface area contributed by atoms with Crippen LogP contribution in [0.2, 0.25) is 0 Å². The van der Waals surface area contributed by atoms with E-state index < -0.39 is 23.7 Å². The summed E-state index contributed by atoms with van der Waals surface area (Å²) in [6, 6.07) is 12.8. The summed E-state index contributed by atoms with van der Waals surface area (Å²) in [6.45, 7) is 4.29. The molecule has 1 spiro atoms. The lowest BCUT2D eigenvalue weighted by atomic mass is 9.72. The molecule has 0 aliphatic carbocycles. The Kier molecular flexibility index (Phi) is 5.33. The molecule has 0 saturated carbocycles. The van der Waals surface area contributed by atoms with Crippen LogP contribution in [0.4, 0.5) is 5.69 Å². The number of methoxy groups -OCH3 is 1. The quantitative estimate of drug-likeness (QED) is 0.363. The van der Waals surface area contributed by atoms with Crippen molar-refractivity contribution in [1.82, 2.24) is 15.3 Å². The normalized spacial score (nSPS) is 24.7. The molecule has 4 aromatic rings. The first kappa shape index (κ1) is 23.9. The van der Waals surface area contributed by atoms with E-state index in [1.807, 2.05) is 44.2 Å². The number of oxazole rings is 2. The van der Waals surface area contributed by atoms with Crippen molar-refractivity contribution in [3.05, 3.63) is 82.8 Å². The lowest BCUT2D eigenvalue weighted by molar-refractivity contribution is -0.123. The van der Waals surface area contributed by atoms with E-state index >= 15 is 0 Å².